The van der Waals surface area contributed by atoms with Gasteiger partial charge in [-0.1, -0.05) is 6.58 Å². The predicted molar refractivity (Wildman–Crippen MR) is 33.4 cm³/mol. The summed E-state index contributed by atoms with van der Waals surface area (Å²) in [5.41, 5.74) is 2.00. The van der Waals surface area contributed by atoms with Crippen molar-refractivity contribution in [3.8, 4) is 0 Å². The molecule has 1 heterocycles. The Morgan fingerprint density at radius 3 is 2.88 bits per heavy atom. The van der Waals surface area contributed by atoms with Crippen LogP contribution in [0.1, 0.15) is 11.4 Å². The van der Waals surface area contributed by atoms with Crippen LogP contribution in [-0.2, 0) is 0 Å². The summed E-state index contributed by atoms with van der Waals surface area (Å²) in [6.45, 7) is 5.54. The summed E-state index contributed by atoms with van der Waals surface area (Å²) in [5, 5.41) is 0. The Morgan fingerprint density at radius 1 is 1.88 bits per heavy atom. The zero-order valence-corrected chi connectivity index (χ0v) is 4.81. The molecule has 0 unspecified atom stereocenters. The van der Waals surface area contributed by atoms with E-state index in [9.17, 15) is 0 Å². The average molecular weight is 108 g/mol. The maximum atomic E-state index is 3.96. The molecule has 0 saturated carbocycles. The molecule has 0 spiro atoms. The molecule has 1 rings (SSSR count). The smallest absolute Gasteiger partial charge is 0.0929 e. The van der Waals surface area contributed by atoms with Crippen LogP contribution in [0.3, 0.4) is 0 Å². The van der Waals surface area contributed by atoms with E-state index in [-0.39, 0.29) is 0 Å². The molecule has 2 heteroatoms. The topological polar surface area (TPSA) is 28.7 Å². The van der Waals surface area contributed by atoms with Crippen molar-refractivity contribution in [2.45, 2.75) is 6.92 Å². The van der Waals surface area contributed by atoms with Crippen LogP contribution in [0, 0.1) is 6.92 Å². The molecule has 1 aromatic heterocycles. The number of nitrogens with zero attached hydrogens (tertiary/aromatic N) is 1. The molecule has 8 heavy (non-hydrogen) atoms. The van der Waals surface area contributed by atoms with Crippen molar-refractivity contribution in [3.05, 3.63) is 24.3 Å². The van der Waals surface area contributed by atoms with Gasteiger partial charge in [-0.15, -0.1) is 0 Å². The molecule has 42 valence electrons. The average Bonchev–Trinajstić information content (AvgIpc) is 2.14. The van der Waals surface area contributed by atoms with E-state index >= 15 is 0 Å². The maximum absolute atomic E-state index is 3.96. The van der Waals surface area contributed by atoms with E-state index in [4.69, 9.17) is 0 Å². The third kappa shape index (κ3) is 0.644. The van der Waals surface area contributed by atoms with Crippen molar-refractivity contribution in [2.75, 3.05) is 0 Å². The fourth-order valence-electron chi connectivity index (χ4n) is 0.575. The molecule has 0 aliphatic carbocycles. The van der Waals surface area contributed by atoms with E-state index < -0.39 is 0 Å². The quantitative estimate of drug-likeness (QED) is 0.578. The van der Waals surface area contributed by atoms with Gasteiger partial charge < -0.3 is 4.98 Å². The Bertz CT molecular complexity index is 188. The number of aromatic nitrogens is 2. The molecule has 0 fully saturated rings. The molecule has 0 amide bonds. The maximum Gasteiger partial charge on any atom is 0.0929 e. The van der Waals surface area contributed by atoms with Gasteiger partial charge >= 0.3 is 0 Å². The minimum atomic E-state index is 0.935. The Balaban J connectivity index is 3.09. The molecular formula is C6H8N2. The number of hydrogen-bond acceptors (Lipinski definition) is 1. The van der Waals surface area contributed by atoms with Gasteiger partial charge in [0.2, 0.25) is 0 Å². The number of H-pyrrole nitrogens is 1. The molecule has 2 nitrogen and oxygen atoms in total. The van der Waals surface area contributed by atoms with Crippen LogP contribution >= 0.6 is 0 Å². The normalized spacial score (nSPS) is 9.12. The second-order valence-corrected chi connectivity index (χ2v) is 1.62. The van der Waals surface area contributed by atoms with Crippen molar-refractivity contribution < 1.29 is 0 Å². The van der Waals surface area contributed by atoms with Crippen LogP contribution in [0.2, 0.25) is 0 Å². The molecule has 0 radical (unpaired) electrons. The summed E-state index contributed by atoms with van der Waals surface area (Å²) >= 11 is 0. The number of aryl methyl sites for hydroxylation is 1. The van der Waals surface area contributed by atoms with Crippen LogP contribution in [0.5, 0.6) is 0 Å². The lowest BCUT2D eigenvalue weighted by Gasteiger charge is -1.81. The van der Waals surface area contributed by atoms with Gasteiger partial charge in [0.15, 0.2) is 0 Å². The second-order valence-electron chi connectivity index (χ2n) is 1.62. The first kappa shape index (κ1) is 5.09. The summed E-state index contributed by atoms with van der Waals surface area (Å²) in [5.74, 6) is 0. The lowest BCUT2D eigenvalue weighted by atomic mass is 10.3. The van der Waals surface area contributed by atoms with Crippen LogP contribution in [0.4, 0.5) is 0 Å². The molecular weight excluding hydrogens is 100 g/mol. The molecule has 0 bridgehead atoms. The third-order valence-corrected chi connectivity index (χ3v) is 1.06. The van der Waals surface area contributed by atoms with Gasteiger partial charge in [-0.2, -0.15) is 0 Å². The van der Waals surface area contributed by atoms with Gasteiger partial charge in [-0.3, -0.25) is 0 Å². The highest BCUT2D eigenvalue weighted by molar-refractivity contribution is 5.43. The number of nitrogens with one attached hydrogen (secondary N) is 1. The van der Waals surface area contributed by atoms with Crippen molar-refractivity contribution in [3.63, 3.8) is 0 Å². The zero-order valence-electron chi connectivity index (χ0n) is 4.81. The Kier molecular flexibility index (Phi) is 1.16. The first-order valence-electron chi connectivity index (χ1n) is 2.47. The fraction of sp³-hybridized carbons (Fsp3) is 0.167. The van der Waals surface area contributed by atoms with E-state index in [2.05, 4.69) is 16.5 Å². The molecule has 0 aliphatic rings. The monoisotopic (exact) mass is 108 g/mol. The molecule has 0 saturated heterocycles. The summed E-state index contributed by atoms with van der Waals surface area (Å²) in [4.78, 5) is 6.90. The standard InChI is InChI=1S/C6H8N2/c1-3-6-5(2)7-4-8-6/h3-4H,1H2,2H3,(H,7,8). The number of rotatable bonds is 1. The van der Waals surface area contributed by atoms with E-state index in [0.717, 1.165) is 11.4 Å². The van der Waals surface area contributed by atoms with Crippen LogP contribution in [0.25, 0.3) is 6.08 Å². The van der Waals surface area contributed by atoms with Crippen molar-refractivity contribution in [1.82, 2.24) is 9.97 Å². The lowest BCUT2D eigenvalue weighted by molar-refractivity contribution is 1.25. The SMILES string of the molecule is C=Cc1nc[nH]c1C. The number of aromatic amines is 1. The van der Waals surface area contributed by atoms with Crippen molar-refractivity contribution in [2.24, 2.45) is 0 Å². The minimum Gasteiger partial charge on any atom is -0.348 e. The summed E-state index contributed by atoms with van der Waals surface area (Å²) in [6.07, 6.45) is 3.39. The van der Waals surface area contributed by atoms with E-state index in [1.807, 2.05) is 6.92 Å². The van der Waals surface area contributed by atoms with Crippen LogP contribution < -0.4 is 0 Å². The van der Waals surface area contributed by atoms with Gasteiger partial charge in [-0.25, -0.2) is 4.98 Å². The van der Waals surface area contributed by atoms with Gasteiger partial charge in [-0.05, 0) is 13.0 Å². The Labute approximate surface area is 48.3 Å². The highest BCUT2D eigenvalue weighted by atomic mass is 14.9. The lowest BCUT2D eigenvalue weighted by Crippen LogP contribution is -1.72. The summed E-state index contributed by atoms with van der Waals surface area (Å²) < 4.78 is 0. The highest BCUT2D eigenvalue weighted by Gasteiger charge is 1.90. The molecule has 0 aliphatic heterocycles. The first-order valence-corrected chi connectivity index (χ1v) is 2.47. The summed E-state index contributed by atoms with van der Waals surface area (Å²) in [7, 11) is 0. The van der Waals surface area contributed by atoms with E-state index in [1.165, 1.54) is 0 Å². The van der Waals surface area contributed by atoms with E-state index in [0.29, 0.717) is 0 Å². The largest absolute Gasteiger partial charge is 0.348 e. The third-order valence-electron chi connectivity index (χ3n) is 1.06. The molecule has 1 aromatic rings. The van der Waals surface area contributed by atoms with Gasteiger partial charge in [0, 0.05) is 5.69 Å². The number of hydrogen-bond donors (Lipinski definition) is 1. The molecule has 0 atom stereocenters. The second kappa shape index (κ2) is 1.82. The predicted octanol–water partition coefficient (Wildman–Crippen LogP) is 1.36. The molecule has 1 N–H and O–H groups in total. The minimum absolute atomic E-state index is 0.935. The van der Waals surface area contributed by atoms with E-state index in [1.54, 1.807) is 12.4 Å². The van der Waals surface area contributed by atoms with Gasteiger partial charge in [0.05, 0.1) is 12.0 Å². The number of imidazole rings is 1. The fourth-order valence-corrected chi connectivity index (χ4v) is 0.575. The van der Waals surface area contributed by atoms with Gasteiger partial charge in [0.1, 0.15) is 0 Å². The van der Waals surface area contributed by atoms with Crippen LogP contribution in [0.15, 0.2) is 12.9 Å². The Hall–Kier alpha value is -1.05. The van der Waals surface area contributed by atoms with Crippen molar-refractivity contribution >= 4 is 6.08 Å². The highest BCUT2D eigenvalue weighted by Crippen LogP contribution is 1.99. The van der Waals surface area contributed by atoms with Crippen molar-refractivity contribution in [1.29, 1.82) is 0 Å². The van der Waals surface area contributed by atoms with Gasteiger partial charge in [0.25, 0.3) is 0 Å². The summed E-state index contributed by atoms with van der Waals surface area (Å²) in [6, 6.07) is 0. The molecule has 0 aromatic carbocycles. The Morgan fingerprint density at radius 2 is 2.62 bits per heavy atom. The first-order chi connectivity index (χ1) is 3.84. The zero-order chi connectivity index (χ0) is 5.98. The van der Waals surface area contributed by atoms with Crippen LogP contribution in [-0.4, -0.2) is 9.97 Å².